The lowest BCUT2D eigenvalue weighted by molar-refractivity contribution is -0.132. The molecule has 3 aromatic rings. The highest BCUT2D eigenvalue weighted by molar-refractivity contribution is 6.52. The van der Waals surface area contributed by atoms with Crippen LogP contribution in [-0.2, 0) is 9.59 Å². The van der Waals surface area contributed by atoms with Gasteiger partial charge in [0.25, 0.3) is 11.7 Å². The van der Waals surface area contributed by atoms with Crippen LogP contribution in [-0.4, -0.2) is 45.2 Å². The first-order chi connectivity index (χ1) is 17.8. The Morgan fingerprint density at radius 3 is 2.05 bits per heavy atom. The number of aliphatic hydroxyl groups excluding tert-OH is 1. The highest BCUT2D eigenvalue weighted by Gasteiger charge is 2.48. The first-order valence-electron chi connectivity index (χ1n) is 11.3. The minimum atomic E-state index is -1.03. The Kier molecular flexibility index (Phi) is 7.31. The summed E-state index contributed by atoms with van der Waals surface area (Å²) < 4.78 is 21.9. The maximum absolute atomic E-state index is 13.5. The number of carbonyl (C=O) groups is 2. The third-order valence-corrected chi connectivity index (χ3v) is 6.47. The molecule has 0 spiro atoms. The molecule has 0 aliphatic carbocycles. The van der Waals surface area contributed by atoms with E-state index in [1.54, 1.807) is 36.4 Å². The van der Waals surface area contributed by atoms with Gasteiger partial charge in [-0.15, -0.1) is 0 Å². The Balaban J connectivity index is 2.07. The van der Waals surface area contributed by atoms with Crippen molar-refractivity contribution in [2.45, 2.75) is 13.0 Å². The van der Waals surface area contributed by atoms with Crippen LogP contribution in [0.4, 0.5) is 5.69 Å². The SMILES string of the molecule is COc1ccc(Cl)cc1/C(O)=C1\C(=O)C(=O)N(c2ccccc2C)C1c1cc(OC)c(OC)c(OC)c1. The second kappa shape index (κ2) is 10.4. The number of hydrogen-bond acceptors (Lipinski definition) is 7. The summed E-state index contributed by atoms with van der Waals surface area (Å²) in [6, 6.07) is 14.1. The lowest BCUT2D eigenvalue weighted by Gasteiger charge is -2.28. The van der Waals surface area contributed by atoms with Gasteiger partial charge in [0.2, 0.25) is 5.75 Å². The molecular formula is C28H26ClNO7. The second-order valence-electron chi connectivity index (χ2n) is 8.26. The Morgan fingerprint density at radius 1 is 0.865 bits per heavy atom. The number of aliphatic hydroxyl groups is 1. The summed E-state index contributed by atoms with van der Waals surface area (Å²) in [5, 5.41) is 11.8. The molecule has 3 aromatic carbocycles. The number of rotatable bonds is 7. The summed E-state index contributed by atoms with van der Waals surface area (Å²) in [5.74, 6) is -0.796. The van der Waals surface area contributed by atoms with Crippen molar-refractivity contribution in [1.82, 2.24) is 0 Å². The number of ether oxygens (including phenoxy) is 4. The van der Waals surface area contributed by atoms with Gasteiger partial charge in [0.15, 0.2) is 11.5 Å². The summed E-state index contributed by atoms with van der Waals surface area (Å²) in [4.78, 5) is 28.4. The smallest absolute Gasteiger partial charge is 0.300 e. The van der Waals surface area contributed by atoms with Gasteiger partial charge in [-0.05, 0) is 54.4 Å². The lowest BCUT2D eigenvalue weighted by Crippen LogP contribution is -2.30. The van der Waals surface area contributed by atoms with Crippen molar-refractivity contribution in [2.75, 3.05) is 33.3 Å². The highest BCUT2D eigenvalue weighted by Crippen LogP contribution is 2.48. The molecule has 192 valence electrons. The summed E-state index contributed by atoms with van der Waals surface area (Å²) in [7, 11) is 5.85. The Morgan fingerprint density at radius 2 is 1.49 bits per heavy atom. The fourth-order valence-electron chi connectivity index (χ4n) is 4.50. The van der Waals surface area contributed by atoms with E-state index < -0.39 is 23.5 Å². The minimum Gasteiger partial charge on any atom is -0.507 e. The Labute approximate surface area is 219 Å². The van der Waals surface area contributed by atoms with Crippen molar-refractivity contribution in [3.05, 3.63) is 81.9 Å². The molecule has 1 saturated heterocycles. The van der Waals surface area contributed by atoms with Crippen molar-refractivity contribution >= 4 is 34.7 Å². The molecule has 1 N–H and O–H groups in total. The molecule has 0 radical (unpaired) electrons. The van der Waals surface area contributed by atoms with Crippen LogP contribution in [0.5, 0.6) is 23.0 Å². The van der Waals surface area contributed by atoms with E-state index >= 15 is 0 Å². The van der Waals surface area contributed by atoms with Gasteiger partial charge in [-0.3, -0.25) is 14.5 Å². The number of amides is 1. The summed E-state index contributed by atoms with van der Waals surface area (Å²) >= 11 is 6.20. The molecule has 1 fully saturated rings. The van der Waals surface area contributed by atoms with Crippen LogP contribution in [0.25, 0.3) is 5.76 Å². The van der Waals surface area contributed by atoms with E-state index in [4.69, 9.17) is 30.5 Å². The average molecular weight is 524 g/mol. The zero-order valence-corrected chi connectivity index (χ0v) is 21.8. The monoisotopic (exact) mass is 523 g/mol. The number of halogens is 1. The normalized spacial score (nSPS) is 16.6. The summed E-state index contributed by atoms with van der Waals surface area (Å²) in [6.07, 6.45) is 0. The number of carbonyl (C=O) groups excluding carboxylic acids is 2. The lowest BCUT2D eigenvalue weighted by atomic mass is 9.94. The molecule has 1 unspecified atom stereocenters. The Bertz CT molecular complexity index is 1390. The maximum Gasteiger partial charge on any atom is 0.300 e. The van der Waals surface area contributed by atoms with E-state index in [0.717, 1.165) is 5.56 Å². The number of para-hydroxylation sites is 1. The van der Waals surface area contributed by atoms with Gasteiger partial charge >= 0.3 is 0 Å². The van der Waals surface area contributed by atoms with E-state index in [2.05, 4.69) is 0 Å². The third-order valence-electron chi connectivity index (χ3n) is 6.24. The largest absolute Gasteiger partial charge is 0.507 e. The van der Waals surface area contributed by atoms with Crippen molar-refractivity contribution in [3.8, 4) is 23.0 Å². The highest BCUT2D eigenvalue weighted by atomic mass is 35.5. The number of methoxy groups -OCH3 is 4. The molecule has 0 saturated carbocycles. The fraction of sp³-hybridized carbons (Fsp3) is 0.214. The quantitative estimate of drug-likeness (QED) is 0.255. The molecule has 0 aromatic heterocycles. The molecule has 9 heteroatoms. The number of benzene rings is 3. The number of nitrogens with zero attached hydrogens (tertiary/aromatic N) is 1. The van der Waals surface area contributed by atoms with Crippen LogP contribution >= 0.6 is 11.6 Å². The molecule has 1 atom stereocenters. The van der Waals surface area contributed by atoms with Crippen LogP contribution in [0.15, 0.2) is 60.2 Å². The van der Waals surface area contributed by atoms with Crippen LogP contribution in [0, 0.1) is 6.92 Å². The number of aryl methyl sites for hydroxylation is 1. The minimum absolute atomic E-state index is 0.136. The molecule has 1 aliphatic heterocycles. The van der Waals surface area contributed by atoms with E-state index in [1.807, 2.05) is 19.1 Å². The van der Waals surface area contributed by atoms with Gasteiger partial charge in [-0.25, -0.2) is 0 Å². The molecule has 1 amide bonds. The first kappa shape index (κ1) is 25.9. The number of Topliss-reactive ketones (excluding diaryl/α,β-unsaturated/α-hetero) is 1. The zero-order chi connectivity index (χ0) is 26.9. The van der Waals surface area contributed by atoms with Gasteiger partial charge < -0.3 is 24.1 Å². The fourth-order valence-corrected chi connectivity index (χ4v) is 4.67. The van der Waals surface area contributed by atoms with Gasteiger partial charge in [0.1, 0.15) is 11.5 Å². The van der Waals surface area contributed by atoms with E-state index in [9.17, 15) is 14.7 Å². The average Bonchev–Trinajstić information content (AvgIpc) is 3.17. The van der Waals surface area contributed by atoms with E-state index in [1.165, 1.54) is 39.4 Å². The van der Waals surface area contributed by atoms with E-state index in [0.29, 0.717) is 33.5 Å². The van der Waals surface area contributed by atoms with Crippen LogP contribution in [0.2, 0.25) is 5.02 Å². The van der Waals surface area contributed by atoms with Crippen LogP contribution in [0.1, 0.15) is 22.7 Å². The van der Waals surface area contributed by atoms with Crippen molar-refractivity contribution in [1.29, 1.82) is 0 Å². The van der Waals surface area contributed by atoms with E-state index in [-0.39, 0.29) is 16.9 Å². The van der Waals surface area contributed by atoms with Gasteiger partial charge in [-0.1, -0.05) is 29.8 Å². The molecule has 8 nitrogen and oxygen atoms in total. The topological polar surface area (TPSA) is 94.5 Å². The van der Waals surface area contributed by atoms with Gasteiger partial charge in [-0.2, -0.15) is 0 Å². The molecule has 4 rings (SSSR count). The predicted molar refractivity (Wildman–Crippen MR) is 140 cm³/mol. The van der Waals surface area contributed by atoms with Gasteiger partial charge in [0, 0.05) is 10.7 Å². The number of anilines is 1. The van der Waals surface area contributed by atoms with Crippen molar-refractivity contribution < 1.29 is 33.6 Å². The standard InChI is InChI=1S/C28H26ClNO7/c1-15-8-6-7-9-19(15)30-24(16-12-21(35-3)27(37-5)22(13-16)36-4)23(26(32)28(30)33)25(31)18-14-17(29)10-11-20(18)34-2/h6-14,24,31H,1-5H3/b25-23+. The first-order valence-corrected chi connectivity index (χ1v) is 11.7. The second-order valence-corrected chi connectivity index (χ2v) is 8.70. The molecule has 37 heavy (non-hydrogen) atoms. The number of hydrogen-bond donors (Lipinski definition) is 1. The molecule has 0 bridgehead atoms. The predicted octanol–water partition coefficient (Wildman–Crippen LogP) is 5.31. The van der Waals surface area contributed by atoms with Crippen LogP contribution in [0.3, 0.4) is 0 Å². The zero-order valence-electron chi connectivity index (χ0n) is 21.0. The van der Waals surface area contributed by atoms with Crippen molar-refractivity contribution in [3.63, 3.8) is 0 Å². The van der Waals surface area contributed by atoms with Gasteiger partial charge in [0.05, 0.1) is 45.6 Å². The van der Waals surface area contributed by atoms with Crippen molar-refractivity contribution in [2.24, 2.45) is 0 Å². The molecular weight excluding hydrogens is 498 g/mol. The molecule has 1 aliphatic rings. The Hall–Kier alpha value is -4.17. The molecule has 1 heterocycles. The maximum atomic E-state index is 13.5. The number of ketones is 1. The third kappa shape index (κ3) is 4.44. The summed E-state index contributed by atoms with van der Waals surface area (Å²) in [6.45, 7) is 1.83. The van der Waals surface area contributed by atoms with Crippen LogP contribution < -0.4 is 23.8 Å². The summed E-state index contributed by atoms with van der Waals surface area (Å²) in [5.41, 5.74) is 1.78.